The van der Waals surface area contributed by atoms with E-state index in [9.17, 15) is 4.79 Å². The fraction of sp³-hybridized carbons (Fsp3) is 0.650. The normalized spacial score (nSPS) is 21.5. The van der Waals surface area contributed by atoms with Crippen molar-refractivity contribution in [2.24, 2.45) is 5.92 Å². The molecular weight excluding hydrogens is 322 g/mol. The third kappa shape index (κ3) is 3.88. The van der Waals surface area contributed by atoms with Crippen LogP contribution in [0.3, 0.4) is 0 Å². The Kier molecular flexibility index (Phi) is 5.70. The van der Waals surface area contributed by atoms with Crippen molar-refractivity contribution in [2.45, 2.75) is 63.9 Å². The highest BCUT2D eigenvalue weighted by atomic mass is 35.5. The third-order valence-corrected chi connectivity index (χ3v) is 5.91. The summed E-state index contributed by atoms with van der Waals surface area (Å²) in [6.45, 7) is 4.00. The van der Waals surface area contributed by atoms with Gasteiger partial charge in [0, 0.05) is 18.1 Å². The molecule has 0 N–H and O–H groups in total. The standard InChI is InChI=1S/C20H28ClNO2/c1-2-16-10-14-22(15-11-16)19(23)20(12-4-3-5-13-20)24-18-8-6-17(21)7-9-18/h6-9,16H,2-5,10-15H2,1H3. The molecule has 1 saturated carbocycles. The minimum absolute atomic E-state index is 0.201. The molecule has 0 aromatic heterocycles. The summed E-state index contributed by atoms with van der Waals surface area (Å²) >= 11 is 5.97. The van der Waals surface area contributed by atoms with Crippen LogP contribution in [0.15, 0.2) is 24.3 Å². The lowest BCUT2D eigenvalue weighted by Gasteiger charge is -2.42. The number of nitrogens with zero attached hydrogens (tertiary/aromatic N) is 1. The summed E-state index contributed by atoms with van der Waals surface area (Å²) in [5, 5.41) is 0.688. The van der Waals surface area contributed by atoms with E-state index in [-0.39, 0.29) is 5.91 Å². The zero-order chi connectivity index (χ0) is 17.0. The van der Waals surface area contributed by atoms with Gasteiger partial charge in [0.25, 0.3) is 5.91 Å². The second-order valence-electron chi connectivity index (χ2n) is 7.25. The molecule has 24 heavy (non-hydrogen) atoms. The molecular formula is C20H28ClNO2. The lowest BCUT2D eigenvalue weighted by molar-refractivity contribution is -0.152. The third-order valence-electron chi connectivity index (χ3n) is 5.66. The predicted octanol–water partition coefficient (Wildman–Crippen LogP) is 5.07. The van der Waals surface area contributed by atoms with Crippen molar-refractivity contribution < 1.29 is 9.53 Å². The largest absolute Gasteiger partial charge is 0.477 e. The number of carbonyl (C=O) groups is 1. The number of piperidine rings is 1. The monoisotopic (exact) mass is 349 g/mol. The number of ether oxygens (including phenoxy) is 1. The van der Waals surface area contributed by atoms with Crippen molar-refractivity contribution in [1.82, 2.24) is 4.90 Å². The van der Waals surface area contributed by atoms with Gasteiger partial charge in [-0.2, -0.15) is 0 Å². The number of hydrogen-bond acceptors (Lipinski definition) is 2. The number of halogens is 1. The SMILES string of the molecule is CCC1CCN(C(=O)C2(Oc3ccc(Cl)cc3)CCCCC2)CC1. The molecule has 0 spiro atoms. The maximum Gasteiger partial charge on any atom is 0.266 e. The molecule has 0 unspecified atom stereocenters. The second-order valence-corrected chi connectivity index (χ2v) is 7.69. The summed E-state index contributed by atoms with van der Waals surface area (Å²) in [7, 11) is 0. The zero-order valence-corrected chi connectivity index (χ0v) is 15.4. The number of benzene rings is 1. The Labute approximate surface area is 150 Å². The minimum atomic E-state index is -0.675. The van der Waals surface area contributed by atoms with Crippen LogP contribution in [-0.4, -0.2) is 29.5 Å². The topological polar surface area (TPSA) is 29.5 Å². The summed E-state index contributed by atoms with van der Waals surface area (Å²) in [6, 6.07) is 7.39. The van der Waals surface area contributed by atoms with Crippen LogP contribution in [0, 0.1) is 5.92 Å². The Balaban J connectivity index is 1.75. The van der Waals surface area contributed by atoms with Crippen molar-refractivity contribution in [3.05, 3.63) is 29.3 Å². The van der Waals surface area contributed by atoms with Gasteiger partial charge in [0.15, 0.2) is 5.60 Å². The number of rotatable bonds is 4. The van der Waals surface area contributed by atoms with E-state index < -0.39 is 5.60 Å². The van der Waals surface area contributed by atoms with Crippen LogP contribution in [0.5, 0.6) is 5.75 Å². The first-order chi connectivity index (χ1) is 11.6. The minimum Gasteiger partial charge on any atom is -0.477 e. The molecule has 132 valence electrons. The summed E-state index contributed by atoms with van der Waals surface area (Å²) in [5.74, 6) is 1.72. The zero-order valence-electron chi connectivity index (χ0n) is 14.6. The number of amides is 1. The van der Waals surface area contributed by atoms with Crippen molar-refractivity contribution in [1.29, 1.82) is 0 Å². The van der Waals surface area contributed by atoms with Gasteiger partial charge in [-0.3, -0.25) is 4.79 Å². The first kappa shape index (κ1) is 17.6. The molecule has 2 fully saturated rings. The molecule has 1 heterocycles. The van der Waals surface area contributed by atoms with E-state index in [1.165, 1.54) is 12.8 Å². The van der Waals surface area contributed by atoms with E-state index in [1.807, 2.05) is 29.2 Å². The molecule has 0 atom stereocenters. The molecule has 0 bridgehead atoms. The van der Waals surface area contributed by atoms with Crippen LogP contribution >= 0.6 is 11.6 Å². The van der Waals surface area contributed by atoms with Crippen molar-refractivity contribution in [3.63, 3.8) is 0 Å². The molecule has 1 amide bonds. The van der Waals surface area contributed by atoms with E-state index in [4.69, 9.17) is 16.3 Å². The quantitative estimate of drug-likeness (QED) is 0.759. The Hall–Kier alpha value is -1.22. The molecule has 1 aromatic carbocycles. The first-order valence-corrected chi connectivity index (χ1v) is 9.75. The summed E-state index contributed by atoms with van der Waals surface area (Å²) in [6.07, 6.45) is 8.42. The molecule has 1 saturated heterocycles. The number of carbonyl (C=O) groups excluding carboxylic acids is 1. The van der Waals surface area contributed by atoms with E-state index in [0.717, 1.165) is 63.3 Å². The fourth-order valence-corrected chi connectivity index (χ4v) is 4.17. The molecule has 3 nitrogen and oxygen atoms in total. The average Bonchev–Trinajstić information content (AvgIpc) is 2.64. The van der Waals surface area contributed by atoms with Crippen molar-refractivity contribution in [3.8, 4) is 5.75 Å². The number of hydrogen-bond donors (Lipinski definition) is 0. The van der Waals surface area contributed by atoms with Crippen LogP contribution in [0.25, 0.3) is 0 Å². The summed E-state index contributed by atoms with van der Waals surface area (Å²) in [4.78, 5) is 15.4. The van der Waals surface area contributed by atoms with E-state index >= 15 is 0 Å². The molecule has 4 heteroatoms. The van der Waals surface area contributed by atoms with Gasteiger partial charge in [-0.05, 0) is 68.7 Å². The maximum absolute atomic E-state index is 13.3. The second kappa shape index (κ2) is 7.77. The van der Waals surface area contributed by atoms with Gasteiger partial charge in [0.2, 0.25) is 0 Å². The predicted molar refractivity (Wildman–Crippen MR) is 97.5 cm³/mol. The Morgan fingerprint density at radius 1 is 1.17 bits per heavy atom. The van der Waals surface area contributed by atoms with Gasteiger partial charge in [-0.15, -0.1) is 0 Å². The Bertz CT molecular complexity index is 543. The number of likely N-dealkylation sites (tertiary alicyclic amines) is 1. The lowest BCUT2D eigenvalue weighted by atomic mass is 9.82. The highest BCUT2D eigenvalue weighted by Crippen LogP contribution is 2.36. The summed E-state index contributed by atoms with van der Waals surface area (Å²) in [5.41, 5.74) is -0.675. The molecule has 1 aliphatic carbocycles. The maximum atomic E-state index is 13.3. The Morgan fingerprint density at radius 2 is 1.79 bits per heavy atom. The van der Waals surface area contributed by atoms with Crippen LogP contribution in [0.1, 0.15) is 58.3 Å². The van der Waals surface area contributed by atoms with Crippen LogP contribution in [0.4, 0.5) is 0 Å². The molecule has 1 aliphatic heterocycles. The summed E-state index contributed by atoms with van der Waals surface area (Å²) < 4.78 is 6.32. The highest BCUT2D eigenvalue weighted by Gasteiger charge is 2.45. The first-order valence-electron chi connectivity index (χ1n) is 9.37. The van der Waals surface area contributed by atoms with Crippen LogP contribution in [0.2, 0.25) is 5.02 Å². The van der Waals surface area contributed by atoms with Crippen molar-refractivity contribution in [2.75, 3.05) is 13.1 Å². The van der Waals surface area contributed by atoms with Crippen LogP contribution in [-0.2, 0) is 4.79 Å². The van der Waals surface area contributed by atoms with Crippen LogP contribution < -0.4 is 4.74 Å². The molecule has 1 aromatic rings. The average molecular weight is 350 g/mol. The van der Waals surface area contributed by atoms with Gasteiger partial charge in [0.05, 0.1) is 0 Å². The smallest absolute Gasteiger partial charge is 0.266 e. The van der Waals surface area contributed by atoms with Gasteiger partial charge < -0.3 is 9.64 Å². The van der Waals surface area contributed by atoms with E-state index in [2.05, 4.69) is 6.92 Å². The van der Waals surface area contributed by atoms with E-state index in [0.29, 0.717) is 5.02 Å². The molecule has 3 rings (SSSR count). The lowest BCUT2D eigenvalue weighted by Crippen LogP contribution is -2.55. The van der Waals surface area contributed by atoms with Gasteiger partial charge in [-0.1, -0.05) is 31.4 Å². The highest BCUT2D eigenvalue weighted by molar-refractivity contribution is 6.30. The van der Waals surface area contributed by atoms with Gasteiger partial charge in [-0.25, -0.2) is 0 Å². The molecule has 0 radical (unpaired) electrons. The molecule has 2 aliphatic rings. The van der Waals surface area contributed by atoms with Gasteiger partial charge >= 0.3 is 0 Å². The van der Waals surface area contributed by atoms with E-state index in [1.54, 1.807) is 0 Å². The van der Waals surface area contributed by atoms with Crippen molar-refractivity contribution >= 4 is 17.5 Å². The fourth-order valence-electron chi connectivity index (χ4n) is 4.04. The Morgan fingerprint density at radius 3 is 2.38 bits per heavy atom. The van der Waals surface area contributed by atoms with Gasteiger partial charge in [0.1, 0.15) is 5.75 Å².